The van der Waals surface area contributed by atoms with Crippen molar-refractivity contribution in [2.24, 2.45) is 0 Å². The molecule has 0 radical (unpaired) electrons. The van der Waals surface area contributed by atoms with E-state index in [0.717, 1.165) is 5.69 Å². The molecule has 19 heavy (non-hydrogen) atoms. The van der Waals surface area contributed by atoms with Gasteiger partial charge in [-0.1, -0.05) is 0 Å². The first kappa shape index (κ1) is 13.3. The fourth-order valence-corrected chi connectivity index (χ4v) is 1.97. The van der Waals surface area contributed by atoms with Gasteiger partial charge in [0.2, 0.25) is 0 Å². The van der Waals surface area contributed by atoms with Crippen molar-refractivity contribution in [3.05, 3.63) is 29.6 Å². The van der Waals surface area contributed by atoms with Gasteiger partial charge < -0.3 is 15.1 Å². The van der Waals surface area contributed by atoms with Crippen LogP contribution in [0, 0.1) is 0 Å². The second-order valence-electron chi connectivity index (χ2n) is 4.39. The molecule has 0 aromatic carbocycles. The van der Waals surface area contributed by atoms with Gasteiger partial charge in [0.05, 0.1) is 11.3 Å². The van der Waals surface area contributed by atoms with Crippen molar-refractivity contribution in [3.8, 4) is 0 Å². The smallest absolute Gasteiger partial charge is 0.407 e. The molecule has 1 saturated heterocycles. The lowest BCUT2D eigenvalue weighted by atomic mass is 10.2. The molecule has 1 amide bonds. The van der Waals surface area contributed by atoms with Gasteiger partial charge in [0.25, 0.3) is 0 Å². The van der Waals surface area contributed by atoms with Gasteiger partial charge in [-0.05, 0) is 12.1 Å². The number of aromatic carboxylic acids is 1. The van der Waals surface area contributed by atoms with Gasteiger partial charge in [-0.2, -0.15) is 0 Å². The molecule has 0 unspecified atom stereocenters. The molecule has 1 aromatic heterocycles. The Labute approximate surface area is 110 Å². The molecule has 0 aliphatic carbocycles. The first-order valence-corrected chi connectivity index (χ1v) is 5.94. The van der Waals surface area contributed by atoms with E-state index in [9.17, 15) is 9.59 Å². The molecule has 0 bridgehead atoms. The largest absolute Gasteiger partial charge is 0.478 e. The standard InChI is InChI=1S/C12H15N3O4/c16-11(17)9-1-2-10(13-7-9)8-14-3-5-15(6-4-14)12(18)19/h1-2,7H,3-6,8H2,(H,16,17)(H,18,19). The van der Waals surface area contributed by atoms with Crippen molar-refractivity contribution < 1.29 is 19.8 Å². The van der Waals surface area contributed by atoms with Crippen LogP contribution in [0.25, 0.3) is 0 Å². The van der Waals surface area contributed by atoms with Crippen LogP contribution >= 0.6 is 0 Å². The second-order valence-corrected chi connectivity index (χ2v) is 4.39. The molecule has 7 nitrogen and oxygen atoms in total. The van der Waals surface area contributed by atoms with Crippen molar-refractivity contribution in [1.82, 2.24) is 14.8 Å². The summed E-state index contributed by atoms with van der Waals surface area (Å²) in [5.74, 6) is -0.992. The van der Waals surface area contributed by atoms with Gasteiger partial charge in [-0.3, -0.25) is 9.88 Å². The van der Waals surface area contributed by atoms with Gasteiger partial charge in [0.1, 0.15) is 0 Å². The van der Waals surface area contributed by atoms with E-state index in [1.165, 1.54) is 17.2 Å². The molecule has 1 fully saturated rings. The van der Waals surface area contributed by atoms with Gasteiger partial charge in [0.15, 0.2) is 0 Å². The minimum absolute atomic E-state index is 0.166. The highest BCUT2D eigenvalue weighted by Crippen LogP contribution is 2.08. The minimum atomic E-state index is -0.992. The third-order valence-electron chi connectivity index (χ3n) is 3.10. The van der Waals surface area contributed by atoms with Crippen LogP contribution in [-0.2, 0) is 6.54 Å². The number of amides is 1. The number of nitrogens with zero attached hydrogens (tertiary/aromatic N) is 3. The van der Waals surface area contributed by atoms with Crippen LogP contribution in [0.3, 0.4) is 0 Å². The Morgan fingerprint density at radius 3 is 2.32 bits per heavy atom. The molecular formula is C12H15N3O4. The summed E-state index contributed by atoms with van der Waals surface area (Å²) in [6, 6.07) is 3.21. The summed E-state index contributed by atoms with van der Waals surface area (Å²) in [6.07, 6.45) is 0.453. The number of pyridine rings is 1. The quantitative estimate of drug-likeness (QED) is 0.830. The summed E-state index contributed by atoms with van der Waals surface area (Å²) < 4.78 is 0. The number of carboxylic acids is 1. The minimum Gasteiger partial charge on any atom is -0.478 e. The molecule has 7 heteroatoms. The molecule has 0 saturated carbocycles. The molecule has 1 aromatic rings. The lowest BCUT2D eigenvalue weighted by Crippen LogP contribution is -2.47. The fourth-order valence-electron chi connectivity index (χ4n) is 1.97. The summed E-state index contributed by atoms with van der Waals surface area (Å²) in [4.78, 5) is 29.0. The monoisotopic (exact) mass is 265 g/mol. The molecule has 2 heterocycles. The van der Waals surface area contributed by atoms with E-state index in [0.29, 0.717) is 32.7 Å². The van der Waals surface area contributed by atoms with Crippen LogP contribution in [0.4, 0.5) is 4.79 Å². The lowest BCUT2D eigenvalue weighted by molar-refractivity contribution is 0.0696. The number of carboxylic acid groups (broad SMARTS) is 2. The molecule has 102 valence electrons. The molecule has 1 aliphatic heterocycles. The number of aromatic nitrogens is 1. The SMILES string of the molecule is O=C(O)c1ccc(CN2CCN(C(=O)O)CC2)nc1. The maximum Gasteiger partial charge on any atom is 0.407 e. The first-order chi connectivity index (χ1) is 9.06. The highest BCUT2D eigenvalue weighted by molar-refractivity contribution is 5.87. The van der Waals surface area contributed by atoms with Crippen LogP contribution in [0.15, 0.2) is 18.3 Å². The average molecular weight is 265 g/mol. The van der Waals surface area contributed by atoms with Gasteiger partial charge in [-0.15, -0.1) is 0 Å². The van der Waals surface area contributed by atoms with E-state index >= 15 is 0 Å². The van der Waals surface area contributed by atoms with E-state index in [1.54, 1.807) is 6.07 Å². The average Bonchev–Trinajstić information content (AvgIpc) is 2.40. The first-order valence-electron chi connectivity index (χ1n) is 5.94. The Hall–Kier alpha value is -2.15. The molecule has 1 aliphatic rings. The lowest BCUT2D eigenvalue weighted by Gasteiger charge is -2.32. The summed E-state index contributed by atoms with van der Waals surface area (Å²) in [7, 11) is 0. The Morgan fingerprint density at radius 2 is 1.84 bits per heavy atom. The highest BCUT2D eigenvalue weighted by atomic mass is 16.4. The highest BCUT2D eigenvalue weighted by Gasteiger charge is 2.20. The second kappa shape index (κ2) is 5.66. The maximum atomic E-state index is 10.8. The zero-order chi connectivity index (χ0) is 13.8. The summed E-state index contributed by atoms with van der Waals surface area (Å²) in [5.41, 5.74) is 0.952. The predicted octanol–water partition coefficient (Wildman–Crippen LogP) is 0.575. The number of hydrogen-bond acceptors (Lipinski definition) is 4. The van der Waals surface area contributed by atoms with Crippen molar-refractivity contribution in [2.45, 2.75) is 6.54 Å². The zero-order valence-electron chi connectivity index (χ0n) is 10.3. The van der Waals surface area contributed by atoms with E-state index in [-0.39, 0.29) is 5.56 Å². The Morgan fingerprint density at radius 1 is 1.16 bits per heavy atom. The van der Waals surface area contributed by atoms with E-state index in [1.807, 2.05) is 0 Å². The Bertz CT molecular complexity index is 466. The van der Waals surface area contributed by atoms with Crippen molar-refractivity contribution >= 4 is 12.1 Å². The molecule has 0 spiro atoms. The van der Waals surface area contributed by atoms with E-state index < -0.39 is 12.1 Å². The van der Waals surface area contributed by atoms with Crippen molar-refractivity contribution in [2.75, 3.05) is 26.2 Å². The normalized spacial score (nSPS) is 16.3. The summed E-state index contributed by atoms with van der Waals surface area (Å²) in [6.45, 7) is 2.90. The number of piperazine rings is 1. The van der Waals surface area contributed by atoms with Crippen LogP contribution in [0.2, 0.25) is 0 Å². The predicted molar refractivity (Wildman–Crippen MR) is 66.1 cm³/mol. The topological polar surface area (TPSA) is 94.0 Å². The third kappa shape index (κ3) is 3.41. The molecule has 2 rings (SSSR count). The Kier molecular flexibility index (Phi) is 3.96. The van der Waals surface area contributed by atoms with Gasteiger partial charge in [-0.25, -0.2) is 9.59 Å². The van der Waals surface area contributed by atoms with Gasteiger partial charge in [0, 0.05) is 38.9 Å². The third-order valence-corrected chi connectivity index (χ3v) is 3.10. The number of rotatable bonds is 3. The van der Waals surface area contributed by atoms with E-state index in [2.05, 4.69) is 9.88 Å². The number of carbonyl (C=O) groups is 2. The molecule has 0 atom stereocenters. The van der Waals surface area contributed by atoms with Crippen LogP contribution < -0.4 is 0 Å². The van der Waals surface area contributed by atoms with E-state index in [4.69, 9.17) is 10.2 Å². The van der Waals surface area contributed by atoms with Crippen LogP contribution in [0.1, 0.15) is 16.1 Å². The van der Waals surface area contributed by atoms with Crippen molar-refractivity contribution in [1.29, 1.82) is 0 Å². The number of hydrogen-bond donors (Lipinski definition) is 2. The van der Waals surface area contributed by atoms with Crippen LogP contribution in [-0.4, -0.2) is 63.2 Å². The van der Waals surface area contributed by atoms with Crippen LogP contribution in [0.5, 0.6) is 0 Å². The summed E-state index contributed by atoms with van der Waals surface area (Å²) in [5, 5.41) is 17.6. The fraction of sp³-hybridized carbons (Fsp3) is 0.417. The Balaban J connectivity index is 1.88. The van der Waals surface area contributed by atoms with Crippen molar-refractivity contribution in [3.63, 3.8) is 0 Å². The molecular weight excluding hydrogens is 250 g/mol. The maximum absolute atomic E-state index is 10.8. The molecule has 2 N–H and O–H groups in total. The van der Waals surface area contributed by atoms with Gasteiger partial charge >= 0.3 is 12.1 Å². The summed E-state index contributed by atoms with van der Waals surface area (Å²) >= 11 is 0. The zero-order valence-corrected chi connectivity index (χ0v) is 10.3.